The summed E-state index contributed by atoms with van der Waals surface area (Å²) in [5.74, 6) is -2.15. The third kappa shape index (κ3) is 4.16. The molecule has 0 spiro atoms. The Morgan fingerprint density at radius 3 is 2.58 bits per heavy atom. The molecule has 0 radical (unpaired) electrons. The SMILES string of the molecule is CN(CC(F)F)C(=O)Nc1cc(C(=O)O)ccc1F. The Morgan fingerprint density at radius 1 is 1.42 bits per heavy atom. The molecular formula is C11H11F3N2O3. The average Bonchev–Trinajstić information content (AvgIpc) is 2.30. The van der Waals surface area contributed by atoms with Gasteiger partial charge in [0.2, 0.25) is 0 Å². The van der Waals surface area contributed by atoms with Gasteiger partial charge in [-0.15, -0.1) is 0 Å². The van der Waals surface area contributed by atoms with E-state index in [1.54, 1.807) is 0 Å². The zero-order chi connectivity index (χ0) is 14.6. The predicted octanol–water partition coefficient (Wildman–Crippen LogP) is 2.25. The highest BCUT2D eigenvalue weighted by atomic mass is 19.3. The number of carboxylic acid groups (broad SMARTS) is 1. The number of nitrogens with zero attached hydrogens (tertiary/aromatic N) is 1. The molecule has 0 heterocycles. The average molecular weight is 276 g/mol. The van der Waals surface area contributed by atoms with Gasteiger partial charge in [-0.1, -0.05) is 0 Å². The number of hydrogen-bond donors (Lipinski definition) is 2. The number of hydrogen-bond acceptors (Lipinski definition) is 2. The van der Waals surface area contributed by atoms with Crippen molar-refractivity contribution in [1.29, 1.82) is 0 Å². The second-order valence-corrected chi connectivity index (χ2v) is 3.70. The van der Waals surface area contributed by atoms with Gasteiger partial charge in [-0.25, -0.2) is 22.8 Å². The zero-order valence-corrected chi connectivity index (χ0v) is 9.86. The number of urea groups is 1. The first-order valence-electron chi connectivity index (χ1n) is 5.14. The summed E-state index contributed by atoms with van der Waals surface area (Å²) in [7, 11) is 1.11. The zero-order valence-electron chi connectivity index (χ0n) is 9.86. The predicted molar refractivity (Wildman–Crippen MR) is 61.0 cm³/mol. The molecule has 0 aliphatic carbocycles. The van der Waals surface area contributed by atoms with Crippen molar-refractivity contribution in [2.45, 2.75) is 6.43 Å². The van der Waals surface area contributed by atoms with Crippen molar-refractivity contribution in [3.8, 4) is 0 Å². The smallest absolute Gasteiger partial charge is 0.335 e. The molecule has 0 atom stereocenters. The van der Waals surface area contributed by atoms with Crippen molar-refractivity contribution in [2.24, 2.45) is 0 Å². The first-order valence-corrected chi connectivity index (χ1v) is 5.14. The fourth-order valence-electron chi connectivity index (χ4n) is 1.25. The molecule has 19 heavy (non-hydrogen) atoms. The molecule has 1 aromatic rings. The summed E-state index contributed by atoms with van der Waals surface area (Å²) >= 11 is 0. The summed E-state index contributed by atoms with van der Waals surface area (Å²) in [6, 6.07) is 1.84. The fraction of sp³-hybridized carbons (Fsp3) is 0.273. The number of benzene rings is 1. The molecular weight excluding hydrogens is 265 g/mol. The van der Waals surface area contributed by atoms with Crippen LogP contribution in [0.1, 0.15) is 10.4 Å². The van der Waals surface area contributed by atoms with Crippen LogP contribution in [0.25, 0.3) is 0 Å². The van der Waals surface area contributed by atoms with E-state index in [-0.39, 0.29) is 11.3 Å². The van der Waals surface area contributed by atoms with Crippen LogP contribution >= 0.6 is 0 Å². The van der Waals surface area contributed by atoms with Crippen molar-refractivity contribution >= 4 is 17.7 Å². The van der Waals surface area contributed by atoms with Crippen LogP contribution in [0.3, 0.4) is 0 Å². The Bertz CT molecular complexity index is 494. The van der Waals surface area contributed by atoms with Crippen LogP contribution < -0.4 is 5.32 Å². The molecule has 2 amide bonds. The van der Waals surface area contributed by atoms with Crippen LogP contribution in [0.4, 0.5) is 23.7 Å². The normalized spacial score (nSPS) is 10.4. The highest BCUT2D eigenvalue weighted by molar-refractivity contribution is 5.93. The second-order valence-electron chi connectivity index (χ2n) is 3.70. The van der Waals surface area contributed by atoms with Gasteiger partial charge in [0.25, 0.3) is 6.43 Å². The quantitative estimate of drug-likeness (QED) is 0.886. The highest BCUT2D eigenvalue weighted by Crippen LogP contribution is 2.16. The van der Waals surface area contributed by atoms with E-state index in [1.165, 1.54) is 0 Å². The van der Waals surface area contributed by atoms with E-state index in [0.29, 0.717) is 4.90 Å². The van der Waals surface area contributed by atoms with E-state index in [4.69, 9.17) is 5.11 Å². The van der Waals surface area contributed by atoms with E-state index in [0.717, 1.165) is 25.2 Å². The highest BCUT2D eigenvalue weighted by Gasteiger charge is 2.16. The first kappa shape index (κ1) is 14.8. The summed E-state index contributed by atoms with van der Waals surface area (Å²) < 4.78 is 37.5. The minimum absolute atomic E-state index is 0.229. The lowest BCUT2D eigenvalue weighted by Gasteiger charge is -2.17. The number of aromatic carboxylic acids is 1. The van der Waals surface area contributed by atoms with Crippen LogP contribution in [-0.4, -0.2) is 42.0 Å². The topological polar surface area (TPSA) is 69.6 Å². The number of nitrogens with one attached hydrogen (secondary N) is 1. The third-order valence-electron chi connectivity index (χ3n) is 2.21. The lowest BCUT2D eigenvalue weighted by molar-refractivity contribution is 0.0697. The molecule has 1 rings (SSSR count). The van der Waals surface area contributed by atoms with Crippen molar-refractivity contribution in [1.82, 2.24) is 4.90 Å². The molecule has 8 heteroatoms. The summed E-state index contributed by atoms with van der Waals surface area (Å²) in [6.45, 7) is -0.813. The molecule has 0 saturated heterocycles. The van der Waals surface area contributed by atoms with Crippen molar-refractivity contribution in [3.63, 3.8) is 0 Å². The van der Waals surface area contributed by atoms with E-state index < -0.39 is 30.8 Å². The second kappa shape index (κ2) is 6.07. The monoisotopic (exact) mass is 276 g/mol. The van der Waals surface area contributed by atoms with Crippen molar-refractivity contribution in [3.05, 3.63) is 29.6 Å². The standard InChI is InChI=1S/C11H11F3N2O3/c1-16(5-9(13)14)11(19)15-8-4-6(10(17)18)2-3-7(8)12/h2-4,9H,5H2,1H3,(H,15,19)(H,17,18). The largest absolute Gasteiger partial charge is 0.478 e. The number of rotatable bonds is 4. The molecule has 0 aliphatic rings. The maximum atomic E-state index is 13.3. The van der Waals surface area contributed by atoms with E-state index in [1.807, 2.05) is 5.32 Å². The lowest BCUT2D eigenvalue weighted by atomic mass is 10.2. The first-order chi connectivity index (χ1) is 8.81. The van der Waals surface area contributed by atoms with Crippen molar-refractivity contribution in [2.75, 3.05) is 18.9 Å². The number of carbonyl (C=O) groups is 2. The van der Waals surface area contributed by atoms with E-state index >= 15 is 0 Å². The Kier molecular flexibility index (Phi) is 4.74. The molecule has 0 saturated carbocycles. The minimum atomic E-state index is -2.72. The number of carboxylic acids is 1. The Labute approximate surface area is 106 Å². The number of amides is 2. The van der Waals surface area contributed by atoms with Crippen LogP contribution in [0, 0.1) is 5.82 Å². The number of halogens is 3. The molecule has 1 aromatic carbocycles. The molecule has 0 fully saturated rings. The number of anilines is 1. The van der Waals surface area contributed by atoms with Crippen LogP contribution in [0.2, 0.25) is 0 Å². The maximum Gasteiger partial charge on any atom is 0.335 e. The molecule has 104 valence electrons. The van der Waals surface area contributed by atoms with E-state index in [9.17, 15) is 22.8 Å². The van der Waals surface area contributed by atoms with Gasteiger partial charge < -0.3 is 15.3 Å². The molecule has 0 aliphatic heterocycles. The Balaban J connectivity index is 2.84. The van der Waals surface area contributed by atoms with Gasteiger partial charge in [-0.05, 0) is 18.2 Å². The third-order valence-corrected chi connectivity index (χ3v) is 2.21. The van der Waals surface area contributed by atoms with Gasteiger partial charge in [0.05, 0.1) is 17.8 Å². The van der Waals surface area contributed by atoms with Gasteiger partial charge in [0, 0.05) is 7.05 Å². The van der Waals surface area contributed by atoms with Gasteiger partial charge in [0.15, 0.2) is 0 Å². The molecule has 0 bridgehead atoms. The van der Waals surface area contributed by atoms with Crippen LogP contribution in [-0.2, 0) is 0 Å². The Morgan fingerprint density at radius 2 is 2.05 bits per heavy atom. The summed E-state index contributed by atoms with van der Waals surface area (Å²) in [4.78, 5) is 22.8. The Hall–Kier alpha value is -2.25. The van der Waals surface area contributed by atoms with Crippen LogP contribution in [0.5, 0.6) is 0 Å². The molecule has 2 N–H and O–H groups in total. The lowest BCUT2D eigenvalue weighted by Crippen LogP contribution is -2.35. The number of carbonyl (C=O) groups excluding carboxylic acids is 1. The molecule has 5 nitrogen and oxygen atoms in total. The molecule has 0 aromatic heterocycles. The summed E-state index contributed by atoms with van der Waals surface area (Å²) in [5, 5.41) is 10.7. The van der Waals surface area contributed by atoms with Gasteiger partial charge in [-0.2, -0.15) is 0 Å². The van der Waals surface area contributed by atoms with Gasteiger partial charge in [-0.3, -0.25) is 0 Å². The van der Waals surface area contributed by atoms with Crippen LogP contribution in [0.15, 0.2) is 18.2 Å². The van der Waals surface area contributed by atoms with Gasteiger partial charge in [0.1, 0.15) is 5.82 Å². The molecule has 0 unspecified atom stereocenters. The minimum Gasteiger partial charge on any atom is -0.478 e. The summed E-state index contributed by atoms with van der Waals surface area (Å²) in [6.07, 6.45) is -2.72. The fourth-order valence-corrected chi connectivity index (χ4v) is 1.25. The van der Waals surface area contributed by atoms with E-state index in [2.05, 4.69) is 0 Å². The number of alkyl halides is 2. The maximum absolute atomic E-state index is 13.3. The van der Waals surface area contributed by atoms with Crippen molar-refractivity contribution < 1.29 is 27.9 Å². The summed E-state index contributed by atoms with van der Waals surface area (Å²) in [5.41, 5.74) is -0.612. The van der Waals surface area contributed by atoms with Gasteiger partial charge >= 0.3 is 12.0 Å².